The number of benzene rings is 3. The van der Waals surface area contributed by atoms with Crippen molar-refractivity contribution in [3.05, 3.63) is 72.3 Å². The van der Waals surface area contributed by atoms with Gasteiger partial charge >= 0.3 is 5.97 Å². The highest BCUT2D eigenvalue weighted by Crippen LogP contribution is 2.34. The normalized spacial score (nSPS) is 11.0. The summed E-state index contributed by atoms with van der Waals surface area (Å²) in [5, 5.41) is 13.3. The van der Waals surface area contributed by atoms with Crippen LogP contribution in [0.5, 0.6) is 5.75 Å². The van der Waals surface area contributed by atoms with Crippen LogP contribution in [0.3, 0.4) is 0 Å². The second-order valence-corrected chi connectivity index (χ2v) is 6.35. The molecule has 134 valence electrons. The minimum atomic E-state index is -0.277. The molecular formula is C23H19NO3. The van der Waals surface area contributed by atoms with Crippen LogP contribution in [0.15, 0.2) is 66.7 Å². The predicted octanol–water partition coefficient (Wildman–Crippen LogP) is 4.87. The lowest BCUT2D eigenvalue weighted by Gasteiger charge is -2.13. The summed E-state index contributed by atoms with van der Waals surface area (Å²) < 4.78 is 5.17. The smallest absolute Gasteiger partial charge is 0.310 e. The van der Waals surface area contributed by atoms with Gasteiger partial charge in [0.25, 0.3) is 0 Å². The molecule has 27 heavy (non-hydrogen) atoms. The summed E-state index contributed by atoms with van der Waals surface area (Å²) in [5.74, 6) is -0.117. The fourth-order valence-electron chi connectivity index (χ4n) is 3.43. The van der Waals surface area contributed by atoms with E-state index in [1.165, 1.54) is 0 Å². The second kappa shape index (κ2) is 7.08. The first kappa shape index (κ1) is 17.0. The lowest BCUT2D eigenvalue weighted by Crippen LogP contribution is -2.08. The Hall–Kier alpha value is -3.40. The van der Waals surface area contributed by atoms with Gasteiger partial charge in [-0.1, -0.05) is 42.5 Å². The number of pyridine rings is 1. The SMILES string of the molecule is CCOC(=O)Cc1cc(-c2ccccc2O)nc2ccc3ccccc3c12. The lowest BCUT2D eigenvalue weighted by atomic mass is 9.97. The van der Waals surface area contributed by atoms with Gasteiger partial charge in [-0.2, -0.15) is 0 Å². The zero-order valence-corrected chi connectivity index (χ0v) is 15.0. The molecule has 0 fully saturated rings. The molecule has 1 aromatic heterocycles. The van der Waals surface area contributed by atoms with Gasteiger partial charge in [0, 0.05) is 10.9 Å². The van der Waals surface area contributed by atoms with Crippen molar-refractivity contribution in [3.8, 4) is 17.0 Å². The maximum Gasteiger partial charge on any atom is 0.310 e. The molecule has 0 aliphatic heterocycles. The van der Waals surface area contributed by atoms with Crippen molar-refractivity contribution in [1.29, 1.82) is 0 Å². The Kier molecular flexibility index (Phi) is 4.47. The van der Waals surface area contributed by atoms with Gasteiger partial charge < -0.3 is 9.84 Å². The minimum absolute atomic E-state index is 0.154. The summed E-state index contributed by atoms with van der Waals surface area (Å²) in [6, 6.07) is 21.0. The molecule has 0 amide bonds. The van der Waals surface area contributed by atoms with E-state index in [1.54, 1.807) is 19.1 Å². The zero-order chi connectivity index (χ0) is 18.8. The van der Waals surface area contributed by atoms with Gasteiger partial charge in [0.05, 0.1) is 24.2 Å². The van der Waals surface area contributed by atoms with Crippen molar-refractivity contribution >= 4 is 27.6 Å². The molecule has 1 heterocycles. The average Bonchev–Trinajstić information content (AvgIpc) is 2.68. The number of aromatic hydroxyl groups is 1. The van der Waals surface area contributed by atoms with Crippen LogP contribution in [-0.4, -0.2) is 22.7 Å². The van der Waals surface area contributed by atoms with Gasteiger partial charge in [-0.05, 0) is 47.5 Å². The minimum Gasteiger partial charge on any atom is -0.507 e. The third-order valence-electron chi connectivity index (χ3n) is 4.60. The standard InChI is InChI=1S/C23H19NO3/c1-2-27-22(26)14-16-13-20(18-9-5-6-10-21(18)25)24-19-12-11-15-7-3-4-8-17(15)23(16)19/h3-13,25H,2,14H2,1H3. The van der Waals surface area contributed by atoms with Crippen molar-refractivity contribution in [2.45, 2.75) is 13.3 Å². The van der Waals surface area contributed by atoms with Crippen molar-refractivity contribution in [2.75, 3.05) is 6.61 Å². The topological polar surface area (TPSA) is 59.4 Å². The molecule has 4 rings (SSSR count). The molecule has 1 N–H and O–H groups in total. The number of hydrogen-bond acceptors (Lipinski definition) is 4. The average molecular weight is 357 g/mol. The first-order chi connectivity index (χ1) is 13.2. The highest BCUT2D eigenvalue weighted by Gasteiger charge is 2.15. The lowest BCUT2D eigenvalue weighted by molar-refractivity contribution is -0.142. The molecule has 3 aromatic carbocycles. The van der Waals surface area contributed by atoms with Crippen LogP contribution in [0.2, 0.25) is 0 Å². The van der Waals surface area contributed by atoms with E-state index in [0.29, 0.717) is 17.9 Å². The van der Waals surface area contributed by atoms with E-state index in [-0.39, 0.29) is 18.1 Å². The Morgan fingerprint density at radius 3 is 2.63 bits per heavy atom. The Bertz CT molecular complexity index is 1150. The van der Waals surface area contributed by atoms with E-state index < -0.39 is 0 Å². The number of hydrogen-bond donors (Lipinski definition) is 1. The van der Waals surface area contributed by atoms with Crippen LogP contribution < -0.4 is 0 Å². The van der Waals surface area contributed by atoms with Crippen molar-refractivity contribution in [3.63, 3.8) is 0 Å². The largest absolute Gasteiger partial charge is 0.507 e. The third kappa shape index (κ3) is 3.22. The van der Waals surface area contributed by atoms with Crippen molar-refractivity contribution in [1.82, 2.24) is 4.98 Å². The number of nitrogens with zero attached hydrogens (tertiary/aromatic N) is 1. The molecule has 0 saturated carbocycles. The summed E-state index contributed by atoms with van der Waals surface area (Å²) in [4.78, 5) is 17.0. The molecule has 4 nitrogen and oxygen atoms in total. The Morgan fingerprint density at radius 1 is 1.04 bits per heavy atom. The summed E-state index contributed by atoms with van der Waals surface area (Å²) in [7, 11) is 0. The number of phenolic OH excluding ortho intramolecular Hbond substituents is 1. The van der Waals surface area contributed by atoms with Gasteiger partial charge in [0.2, 0.25) is 0 Å². The molecule has 0 saturated heterocycles. The molecule has 0 radical (unpaired) electrons. The number of esters is 1. The van der Waals surface area contributed by atoms with Gasteiger partial charge in [-0.25, -0.2) is 4.98 Å². The molecule has 4 aromatic rings. The summed E-state index contributed by atoms with van der Waals surface area (Å²) in [5.41, 5.74) is 2.90. The Morgan fingerprint density at radius 2 is 1.81 bits per heavy atom. The Balaban J connectivity index is 2.00. The highest BCUT2D eigenvalue weighted by molar-refractivity contribution is 6.09. The van der Waals surface area contributed by atoms with E-state index in [9.17, 15) is 9.90 Å². The maximum atomic E-state index is 12.2. The zero-order valence-electron chi connectivity index (χ0n) is 15.0. The first-order valence-electron chi connectivity index (χ1n) is 8.92. The van der Waals surface area contributed by atoms with Crippen LogP contribution in [0.25, 0.3) is 32.9 Å². The highest BCUT2D eigenvalue weighted by atomic mass is 16.5. The van der Waals surface area contributed by atoms with E-state index in [2.05, 4.69) is 0 Å². The Labute approximate surface area is 157 Å². The van der Waals surface area contributed by atoms with Gasteiger partial charge in [0.1, 0.15) is 5.75 Å². The number of fused-ring (bicyclic) bond motifs is 3. The summed E-state index contributed by atoms with van der Waals surface area (Å²) >= 11 is 0. The molecule has 0 aliphatic rings. The molecule has 0 spiro atoms. The summed E-state index contributed by atoms with van der Waals surface area (Å²) in [6.07, 6.45) is 0.154. The van der Waals surface area contributed by atoms with Crippen LogP contribution in [0.1, 0.15) is 12.5 Å². The predicted molar refractivity (Wildman–Crippen MR) is 107 cm³/mol. The van der Waals surface area contributed by atoms with Crippen molar-refractivity contribution in [2.24, 2.45) is 0 Å². The number of rotatable bonds is 4. The van der Waals surface area contributed by atoms with Gasteiger partial charge in [-0.3, -0.25) is 4.79 Å². The van der Waals surface area contributed by atoms with Crippen LogP contribution in [-0.2, 0) is 16.0 Å². The van der Waals surface area contributed by atoms with Gasteiger partial charge in [-0.15, -0.1) is 0 Å². The molecule has 0 atom stereocenters. The van der Waals surface area contributed by atoms with E-state index in [0.717, 1.165) is 27.2 Å². The molecular weight excluding hydrogens is 338 g/mol. The van der Waals surface area contributed by atoms with Gasteiger partial charge in [0.15, 0.2) is 0 Å². The monoisotopic (exact) mass is 357 g/mol. The molecule has 0 unspecified atom stereocenters. The number of para-hydroxylation sites is 1. The molecule has 4 heteroatoms. The number of aromatic nitrogens is 1. The molecule has 0 bridgehead atoms. The van der Waals surface area contributed by atoms with Crippen LogP contribution >= 0.6 is 0 Å². The van der Waals surface area contributed by atoms with Crippen LogP contribution in [0, 0.1) is 0 Å². The first-order valence-corrected chi connectivity index (χ1v) is 8.92. The molecule has 0 aliphatic carbocycles. The second-order valence-electron chi connectivity index (χ2n) is 6.35. The maximum absolute atomic E-state index is 12.2. The number of carbonyl (C=O) groups excluding carboxylic acids is 1. The summed E-state index contributed by atoms with van der Waals surface area (Å²) in [6.45, 7) is 2.14. The van der Waals surface area contributed by atoms with E-state index >= 15 is 0 Å². The fourth-order valence-corrected chi connectivity index (χ4v) is 3.43. The van der Waals surface area contributed by atoms with Crippen molar-refractivity contribution < 1.29 is 14.6 Å². The third-order valence-corrected chi connectivity index (χ3v) is 4.60. The van der Waals surface area contributed by atoms with Crippen LogP contribution in [0.4, 0.5) is 0 Å². The number of carbonyl (C=O) groups is 1. The quantitative estimate of drug-likeness (QED) is 0.418. The van der Waals surface area contributed by atoms with E-state index in [4.69, 9.17) is 9.72 Å². The fraction of sp³-hybridized carbons (Fsp3) is 0.130. The number of phenols is 1. The van der Waals surface area contributed by atoms with E-state index in [1.807, 2.05) is 54.6 Å². The number of ether oxygens (including phenoxy) is 1.